The van der Waals surface area contributed by atoms with Gasteiger partial charge in [0.1, 0.15) is 11.4 Å². The van der Waals surface area contributed by atoms with Gasteiger partial charge in [-0.3, -0.25) is 23.7 Å². The van der Waals surface area contributed by atoms with Crippen LogP contribution in [-0.4, -0.2) is 69.6 Å². The number of aliphatic carboxylic acids is 2. The lowest BCUT2D eigenvalue weighted by Crippen LogP contribution is -2.22. The van der Waals surface area contributed by atoms with E-state index in [2.05, 4.69) is 30.9 Å². The molecular formula is C24H32N8O5. The molecule has 0 bridgehead atoms. The summed E-state index contributed by atoms with van der Waals surface area (Å²) in [4.78, 5) is 38.6. The van der Waals surface area contributed by atoms with Crippen LogP contribution in [0.15, 0.2) is 24.5 Å². The molecule has 1 amide bonds. The monoisotopic (exact) mass is 512 g/mol. The Balaban J connectivity index is 1.73. The molecule has 3 aromatic heterocycles. The highest BCUT2D eigenvalue weighted by atomic mass is 16.4. The Morgan fingerprint density at radius 2 is 1.24 bits per heavy atom. The van der Waals surface area contributed by atoms with Crippen molar-refractivity contribution in [3.05, 3.63) is 30.1 Å². The Morgan fingerprint density at radius 1 is 0.757 bits per heavy atom. The maximum absolute atomic E-state index is 12.6. The molecule has 198 valence electrons. The molecule has 0 fully saturated rings. The summed E-state index contributed by atoms with van der Waals surface area (Å²) in [6, 6.07) is 3.31. The molecule has 0 radical (unpaired) electrons. The third-order valence-corrected chi connectivity index (χ3v) is 5.58. The maximum atomic E-state index is 12.6. The molecule has 13 nitrogen and oxygen atoms in total. The van der Waals surface area contributed by atoms with Crippen LogP contribution in [0.25, 0.3) is 22.8 Å². The van der Waals surface area contributed by atoms with Crippen LogP contribution < -0.4 is 5.32 Å². The van der Waals surface area contributed by atoms with E-state index in [1.165, 1.54) is 0 Å². The molecule has 3 heterocycles. The van der Waals surface area contributed by atoms with Gasteiger partial charge in [-0.2, -0.15) is 0 Å². The molecular weight excluding hydrogens is 480 g/mol. The van der Waals surface area contributed by atoms with Gasteiger partial charge in [-0.1, -0.05) is 23.3 Å². The lowest BCUT2D eigenvalue weighted by molar-refractivity contribution is -0.138. The van der Waals surface area contributed by atoms with Gasteiger partial charge in [0, 0.05) is 38.0 Å². The molecule has 0 atom stereocenters. The molecule has 13 heteroatoms. The molecule has 0 spiro atoms. The minimum atomic E-state index is -0.798. The number of unbranched alkanes of at least 4 members (excludes halogenated alkanes) is 4. The molecule has 3 rings (SSSR count). The van der Waals surface area contributed by atoms with Crippen molar-refractivity contribution in [2.24, 2.45) is 0 Å². The van der Waals surface area contributed by atoms with Crippen LogP contribution in [0.2, 0.25) is 0 Å². The van der Waals surface area contributed by atoms with E-state index in [1.54, 1.807) is 33.9 Å². The van der Waals surface area contributed by atoms with Crippen LogP contribution in [0.1, 0.15) is 68.6 Å². The van der Waals surface area contributed by atoms with Crippen molar-refractivity contribution >= 4 is 17.8 Å². The van der Waals surface area contributed by atoms with Crippen molar-refractivity contribution in [2.45, 2.75) is 71.4 Å². The molecule has 37 heavy (non-hydrogen) atoms. The Bertz CT molecular complexity index is 1120. The smallest absolute Gasteiger partial charge is 0.303 e. The number of pyridine rings is 1. The number of amides is 1. The Hall–Kier alpha value is -4.16. The van der Waals surface area contributed by atoms with Crippen molar-refractivity contribution in [2.75, 3.05) is 6.54 Å². The second kappa shape index (κ2) is 13.8. The number of carbonyl (C=O) groups is 3. The second-order valence-electron chi connectivity index (χ2n) is 8.63. The molecule has 0 saturated heterocycles. The number of carboxylic acid groups (broad SMARTS) is 2. The van der Waals surface area contributed by atoms with E-state index >= 15 is 0 Å². The first kappa shape index (κ1) is 27.4. The summed E-state index contributed by atoms with van der Waals surface area (Å²) in [5.41, 5.74) is 2.36. The predicted molar refractivity (Wildman–Crippen MR) is 132 cm³/mol. The molecule has 3 aromatic rings. The van der Waals surface area contributed by atoms with E-state index in [9.17, 15) is 14.4 Å². The van der Waals surface area contributed by atoms with E-state index in [0.717, 1.165) is 25.7 Å². The number of hydrogen-bond donors (Lipinski definition) is 3. The molecule has 0 aliphatic heterocycles. The largest absolute Gasteiger partial charge is 0.481 e. The lowest BCUT2D eigenvalue weighted by atomic mass is 10.1. The first-order chi connectivity index (χ1) is 17.9. The molecule has 3 N–H and O–H groups in total. The van der Waals surface area contributed by atoms with Crippen molar-refractivity contribution in [3.63, 3.8) is 0 Å². The summed E-state index contributed by atoms with van der Waals surface area (Å²) in [7, 11) is 0. The summed E-state index contributed by atoms with van der Waals surface area (Å²) in [5.74, 6) is -1.84. The van der Waals surface area contributed by atoms with Gasteiger partial charge in [0.15, 0.2) is 0 Å². The second-order valence-corrected chi connectivity index (χ2v) is 8.63. The zero-order chi connectivity index (χ0) is 26.6. The molecule has 0 aliphatic rings. The van der Waals surface area contributed by atoms with Crippen LogP contribution >= 0.6 is 0 Å². The minimum absolute atomic E-state index is 0.150. The van der Waals surface area contributed by atoms with E-state index in [0.29, 0.717) is 60.8 Å². The summed E-state index contributed by atoms with van der Waals surface area (Å²) in [5, 5.41) is 37.0. The quantitative estimate of drug-likeness (QED) is 0.242. The summed E-state index contributed by atoms with van der Waals surface area (Å²) in [6.07, 6.45) is 8.10. The molecule has 0 saturated carbocycles. The number of carboxylic acids is 2. The third-order valence-electron chi connectivity index (χ3n) is 5.58. The Kier molecular flexibility index (Phi) is 10.2. The van der Waals surface area contributed by atoms with Gasteiger partial charge in [-0.05, 0) is 44.7 Å². The SMILES string of the molecule is CCNC(=O)c1cc(-c2cn(CCCCCC(=O)O)nn2)nc(-c2cn(CCCCCC(=O)O)nn2)c1. The van der Waals surface area contributed by atoms with Gasteiger partial charge < -0.3 is 15.5 Å². The normalized spacial score (nSPS) is 10.9. The highest BCUT2D eigenvalue weighted by molar-refractivity contribution is 5.96. The minimum Gasteiger partial charge on any atom is -0.481 e. The van der Waals surface area contributed by atoms with E-state index in [4.69, 9.17) is 10.2 Å². The van der Waals surface area contributed by atoms with Crippen LogP contribution in [0, 0.1) is 0 Å². The fraction of sp³-hybridized carbons (Fsp3) is 0.500. The summed E-state index contributed by atoms with van der Waals surface area (Å²) in [6.45, 7) is 3.50. The van der Waals surface area contributed by atoms with Gasteiger partial charge in [0.25, 0.3) is 5.91 Å². The molecule has 0 aliphatic carbocycles. The fourth-order valence-corrected chi connectivity index (χ4v) is 3.69. The van der Waals surface area contributed by atoms with Gasteiger partial charge in [0.2, 0.25) is 0 Å². The standard InChI is InChI=1S/C24H32N8O5/c1-2-25-24(37)17-13-18(20-15-31(29-27-20)11-7-3-5-9-22(33)34)26-19(14-17)21-16-32(30-28-21)12-8-4-6-10-23(35)36/h13-16H,2-12H2,1H3,(H,25,37)(H,33,34)(H,35,36). The predicted octanol–water partition coefficient (Wildman–Crippen LogP) is 2.64. The first-order valence-electron chi connectivity index (χ1n) is 12.4. The van der Waals surface area contributed by atoms with Gasteiger partial charge in [-0.25, -0.2) is 4.98 Å². The van der Waals surface area contributed by atoms with Crippen molar-refractivity contribution in [1.82, 2.24) is 40.3 Å². The number of nitrogens with one attached hydrogen (secondary N) is 1. The third kappa shape index (κ3) is 8.78. The number of aryl methyl sites for hydroxylation is 2. The van der Waals surface area contributed by atoms with E-state index in [1.807, 2.05) is 6.92 Å². The van der Waals surface area contributed by atoms with E-state index in [-0.39, 0.29) is 18.7 Å². The van der Waals surface area contributed by atoms with Crippen molar-refractivity contribution in [3.8, 4) is 22.8 Å². The van der Waals surface area contributed by atoms with Gasteiger partial charge >= 0.3 is 11.9 Å². The first-order valence-corrected chi connectivity index (χ1v) is 12.4. The highest BCUT2D eigenvalue weighted by Gasteiger charge is 2.16. The van der Waals surface area contributed by atoms with Crippen LogP contribution in [0.5, 0.6) is 0 Å². The number of aromatic nitrogens is 7. The number of rotatable bonds is 16. The molecule has 0 aromatic carbocycles. The average Bonchev–Trinajstić information content (AvgIpc) is 3.53. The van der Waals surface area contributed by atoms with Crippen molar-refractivity contribution in [1.29, 1.82) is 0 Å². The Labute approximate surface area is 213 Å². The highest BCUT2D eigenvalue weighted by Crippen LogP contribution is 2.23. The summed E-state index contributed by atoms with van der Waals surface area (Å²) >= 11 is 0. The number of carbonyl (C=O) groups excluding carboxylic acids is 1. The average molecular weight is 513 g/mol. The van der Waals surface area contributed by atoms with Crippen LogP contribution in [0.3, 0.4) is 0 Å². The maximum Gasteiger partial charge on any atom is 0.303 e. The Morgan fingerprint density at radius 3 is 1.68 bits per heavy atom. The lowest BCUT2D eigenvalue weighted by Gasteiger charge is -2.06. The zero-order valence-electron chi connectivity index (χ0n) is 20.8. The van der Waals surface area contributed by atoms with Gasteiger partial charge in [-0.15, -0.1) is 10.2 Å². The fourth-order valence-electron chi connectivity index (χ4n) is 3.69. The van der Waals surface area contributed by atoms with Crippen molar-refractivity contribution < 1.29 is 24.6 Å². The summed E-state index contributed by atoms with van der Waals surface area (Å²) < 4.78 is 3.35. The topological polar surface area (TPSA) is 178 Å². The van der Waals surface area contributed by atoms with E-state index < -0.39 is 11.9 Å². The molecule has 0 unspecified atom stereocenters. The van der Waals surface area contributed by atoms with Crippen LogP contribution in [-0.2, 0) is 22.7 Å². The van der Waals surface area contributed by atoms with Crippen LogP contribution in [0.4, 0.5) is 0 Å². The zero-order valence-corrected chi connectivity index (χ0v) is 20.8. The number of hydrogen-bond acceptors (Lipinski definition) is 8. The number of nitrogens with zero attached hydrogens (tertiary/aromatic N) is 7. The van der Waals surface area contributed by atoms with Gasteiger partial charge in [0.05, 0.1) is 23.8 Å².